The van der Waals surface area contributed by atoms with E-state index in [2.05, 4.69) is 36.3 Å². The third kappa shape index (κ3) is 6.15. The molecule has 2 unspecified atom stereocenters. The molecule has 0 saturated carbocycles. The summed E-state index contributed by atoms with van der Waals surface area (Å²) in [5.74, 6) is -0.361. The first-order chi connectivity index (χ1) is 10.8. The third-order valence-corrected chi connectivity index (χ3v) is 4.05. The van der Waals surface area contributed by atoms with Gasteiger partial charge >= 0.3 is 6.03 Å². The lowest BCUT2D eigenvalue weighted by atomic mass is 9.96. The Morgan fingerprint density at radius 3 is 2.35 bits per heavy atom. The molecule has 23 heavy (non-hydrogen) atoms. The van der Waals surface area contributed by atoms with Crippen molar-refractivity contribution in [3.8, 4) is 0 Å². The molecule has 0 bridgehead atoms. The third-order valence-electron chi connectivity index (χ3n) is 4.05. The summed E-state index contributed by atoms with van der Waals surface area (Å²) in [5.41, 5.74) is -0.703. The highest BCUT2D eigenvalue weighted by Crippen LogP contribution is 2.19. The Bertz CT molecular complexity index is 487. The number of hydrogen-bond acceptors (Lipinski definition) is 3. The molecule has 3 N–H and O–H groups in total. The van der Waals surface area contributed by atoms with Crippen molar-refractivity contribution in [1.29, 1.82) is 0 Å². The predicted octanol–water partition coefficient (Wildman–Crippen LogP) is 2.06. The highest BCUT2D eigenvalue weighted by Gasteiger charge is 2.24. The Hall–Kier alpha value is -1.66. The smallest absolute Gasteiger partial charge is 0.314 e. The van der Waals surface area contributed by atoms with Crippen LogP contribution in [-0.2, 0) is 5.60 Å². The fourth-order valence-corrected chi connectivity index (χ4v) is 2.44. The average Bonchev–Trinajstić information content (AvgIpc) is 2.52. The molecule has 130 valence electrons. The number of aliphatic hydroxyl groups is 1. The van der Waals surface area contributed by atoms with Crippen molar-refractivity contribution in [2.75, 3.05) is 26.2 Å². The van der Waals surface area contributed by atoms with E-state index >= 15 is 0 Å². The van der Waals surface area contributed by atoms with E-state index in [1.54, 1.807) is 6.92 Å². The van der Waals surface area contributed by atoms with E-state index in [0.717, 1.165) is 13.1 Å². The number of likely N-dealkylation sites (N-methyl/N-ethyl adjacent to an activating group) is 1. The molecule has 0 radical (unpaired) electrons. The second kappa shape index (κ2) is 8.84. The summed E-state index contributed by atoms with van der Waals surface area (Å²) >= 11 is 0. The van der Waals surface area contributed by atoms with Crippen molar-refractivity contribution in [3.05, 3.63) is 35.6 Å². The number of carbonyl (C=O) groups is 1. The minimum atomic E-state index is -1.25. The van der Waals surface area contributed by atoms with E-state index in [4.69, 9.17) is 0 Å². The van der Waals surface area contributed by atoms with E-state index in [1.165, 1.54) is 24.3 Å². The van der Waals surface area contributed by atoms with E-state index in [1.807, 2.05) is 0 Å². The fraction of sp³-hybridized carbons (Fsp3) is 0.588. The number of benzene rings is 1. The van der Waals surface area contributed by atoms with Gasteiger partial charge in [0.05, 0.1) is 6.54 Å². The van der Waals surface area contributed by atoms with E-state index in [-0.39, 0.29) is 24.4 Å². The molecule has 2 amide bonds. The number of nitrogens with zero attached hydrogens (tertiary/aromatic N) is 1. The maximum Gasteiger partial charge on any atom is 0.314 e. The molecule has 5 nitrogen and oxygen atoms in total. The monoisotopic (exact) mass is 325 g/mol. The Morgan fingerprint density at radius 1 is 1.26 bits per heavy atom. The summed E-state index contributed by atoms with van der Waals surface area (Å²) in [6, 6.07) is 5.51. The highest BCUT2D eigenvalue weighted by molar-refractivity contribution is 5.73. The van der Waals surface area contributed by atoms with Crippen LogP contribution in [-0.4, -0.2) is 48.3 Å². The van der Waals surface area contributed by atoms with Crippen LogP contribution in [0.1, 0.15) is 33.3 Å². The van der Waals surface area contributed by atoms with E-state index in [9.17, 15) is 14.3 Å². The zero-order valence-electron chi connectivity index (χ0n) is 14.4. The molecular weight excluding hydrogens is 297 g/mol. The van der Waals surface area contributed by atoms with E-state index < -0.39 is 5.60 Å². The number of halogens is 1. The van der Waals surface area contributed by atoms with Gasteiger partial charge in [0, 0.05) is 12.6 Å². The molecule has 0 aliphatic heterocycles. The van der Waals surface area contributed by atoms with Crippen LogP contribution >= 0.6 is 0 Å². The van der Waals surface area contributed by atoms with Gasteiger partial charge < -0.3 is 15.7 Å². The summed E-state index contributed by atoms with van der Waals surface area (Å²) in [6.07, 6.45) is 0. The molecular formula is C17H28FN3O2. The number of amides is 2. The molecule has 2 atom stereocenters. The second-order valence-electron chi connectivity index (χ2n) is 5.91. The van der Waals surface area contributed by atoms with Crippen LogP contribution < -0.4 is 10.6 Å². The molecule has 1 rings (SSSR count). The van der Waals surface area contributed by atoms with Crippen LogP contribution in [0.2, 0.25) is 0 Å². The first-order valence-corrected chi connectivity index (χ1v) is 8.04. The molecule has 0 fully saturated rings. The summed E-state index contributed by atoms with van der Waals surface area (Å²) in [4.78, 5) is 14.1. The topological polar surface area (TPSA) is 64.6 Å². The molecule has 1 aromatic rings. The minimum absolute atomic E-state index is 0.0458. The predicted molar refractivity (Wildman–Crippen MR) is 89.8 cm³/mol. The average molecular weight is 325 g/mol. The largest absolute Gasteiger partial charge is 0.384 e. The zero-order chi connectivity index (χ0) is 17.5. The van der Waals surface area contributed by atoms with Crippen molar-refractivity contribution < 1.29 is 14.3 Å². The van der Waals surface area contributed by atoms with Crippen molar-refractivity contribution >= 4 is 6.03 Å². The van der Waals surface area contributed by atoms with Crippen LogP contribution in [0.4, 0.5) is 9.18 Å². The van der Waals surface area contributed by atoms with Gasteiger partial charge in [-0.1, -0.05) is 26.0 Å². The zero-order valence-corrected chi connectivity index (χ0v) is 14.4. The highest BCUT2D eigenvalue weighted by atomic mass is 19.1. The summed E-state index contributed by atoms with van der Waals surface area (Å²) in [7, 11) is 0. The lowest BCUT2D eigenvalue weighted by Crippen LogP contribution is -2.47. The van der Waals surface area contributed by atoms with Gasteiger partial charge in [-0.25, -0.2) is 9.18 Å². The van der Waals surface area contributed by atoms with Crippen LogP contribution in [0, 0.1) is 5.82 Å². The molecule has 0 aliphatic rings. The molecule has 0 aromatic heterocycles. The van der Waals surface area contributed by atoms with Gasteiger partial charge in [-0.05, 0) is 44.6 Å². The van der Waals surface area contributed by atoms with Crippen LogP contribution in [0.25, 0.3) is 0 Å². The number of urea groups is 1. The Labute approximate surface area is 137 Å². The van der Waals surface area contributed by atoms with Crippen molar-refractivity contribution in [3.63, 3.8) is 0 Å². The van der Waals surface area contributed by atoms with Gasteiger partial charge in [-0.2, -0.15) is 0 Å². The molecule has 0 heterocycles. The summed E-state index contributed by atoms with van der Waals surface area (Å²) in [6.45, 7) is 10.2. The first-order valence-electron chi connectivity index (χ1n) is 8.04. The minimum Gasteiger partial charge on any atom is -0.384 e. The molecule has 0 spiro atoms. The van der Waals surface area contributed by atoms with E-state index in [0.29, 0.717) is 12.1 Å². The summed E-state index contributed by atoms with van der Waals surface area (Å²) in [5, 5.41) is 15.9. The van der Waals surface area contributed by atoms with Gasteiger partial charge in [0.1, 0.15) is 11.4 Å². The number of nitrogens with one attached hydrogen (secondary N) is 2. The molecule has 0 aliphatic carbocycles. The van der Waals surface area contributed by atoms with Crippen molar-refractivity contribution in [2.24, 2.45) is 0 Å². The van der Waals surface area contributed by atoms with Crippen molar-refractivity contribution in [1.82, 2.24) is 15.5 Å². The second-order valence-corrected chi connectivity index (χ2v) is 5.91. The Balaban J connectivity index is 2.44. The van der Waals surface area contributed by atoms with Gasteiger partial charge in [-0.15, -0.1) is 0 Å². The Morgan fingerprint density at radius 2 is 1.83 bits per heavy atom. The molecule has 6 heteroatoms. The van der Waals surface area contributed by atoms with Crippen LogP contribution in [0.15, 0.2) is 24.3 Å². The lowest BCUT2D eigenvalue weighted by Gasteiger charge is -2.27. The van der Waals surface area contributed by atoms with Crippen LogP contribution in [0.5, 0.6) is 0 Å². The number of carbonyl (C=O) groups excluding carboxylic acids is 1. The molecule has 0 saturated heterocycles. The van der Waals surface area contributed by atoms with Crippen molar-refractivity contribution in [2.45, 2.75) is 39.3 Å². The van der Waals surface area contributed by atoms with Crippen LogP contribution in [0.3, 0.4) is 0 Å². The maximum atomic E-state index is 12.9. The standard InChI is InChI=1S/C17H28FN3O2/c1-5-21(6-2)13(3)11-19-16(22)20-12-17(4,23)14-7-9-15(18)10-8-14/h7-10,13,23H,5-6,11-12H2,1-4H3,(H2,19,20,22). The summed E-state index contributed by atoms with van der Waals surface area (Å²) < 4.78 is 12.9. The van der Waals surface area contributed by atoms with Gasteiger partial charge in [0.15, 0.2) is 0 Å². The maximum absolute atomic E-state index is 12.9. The fourth-order valence-electron chi connectivity index (χ4n) is 2.44. The van der Waals surface area contributed by atoms with Gasteiger partial charge in [0.25, 0.3) is 0 Å². The SMILES string of the molecule is CCN(CC)C(C)CNC(=O)NCC(C)(O)c1ccc(F)cc1. The first kappa shape index (κ1) is 19.4. The van der Waals surface area contributed by atoms with Gasteiger partial charge in [-0.3, -0.25) is 4.90 Å². The number of rotatable bonds is 8. The molecule has 1 aromatic carbocycles. The quantitative estimate of drug-likeness (QED) is 0.685. The lowest BCUT2D eigenvalue weighted by molar-refractivity contribution is 0.0592. The number of hydrogen-bond donors (Lipinski definition) is 3. The Kier molecular flexibility index (Phi) is 7.45. The normalized spacial score (nSPS) is 15.1. The van der Waals surface area contributed by atoms with Gasteiger partial charge in [0.2, 0.25) is 0 Å².